The van der Waals surface area contributed by atoms with Gasteiger partial charge in [-0.15, -0.1) is 0 Å². The largest absolute Gasteiger partial charge is 0.361 e. The third-order valence-electron chi connectivity index (χ3n) is 7.82. The standard InChI is InChI=1S/C29H36N4Si/c1-29(2)27-15-7-8-16-28(27)33(22-31(29)4)24-12-10-14-26(20-24)34(5,6)25-13-9-11-23(19-25)32-18-17-30(3)21-32/h7-20H,21-22H2,1-6H3. The number of anilines is 3. The van der Waals surface area contributed by atoms with Crippen molar-refractivity contribution in [3.8, 4) is 0 Å². The monoisotopic (exact) mass is 468 g/mol. The van der Waals surface area contributed by atoms with Gasteiger partial charge in [-0.05, 0) is 56.8 Å². The van der Waals surface area contributed by atoms with Crippen LogP contribution in [0.3, 0.4) is 0 Å². The van der Waals surface area contributed by atoms with E-state index >= 15 is 0 Å². The zero-order valence-electron chi connectivity index (χ0n) is 21.3. The van der Waals surface area contributed by atoms with Crippen LogP contribution in [0, 0.1) is 0 Å². The zero-order valence-corrected chi connectivity index (χ0v) is 22.3. The lowest BCUT2D eigenvalue weighted by Crippen LogP contribution is -2.53. The first kappa shape index (κ1) is 22.8. The van der Waals surface area contributed by atoms with Gasteiger partial charge in [-0.2, -0.15) is 0 Å². The second-order valence-electron chi connectivity index (χ2n) is 10.7. The number of para-hydroxylation sites is 1. The normalized spacial score (nSPS) is 17.9. The molecular weight excluding hydrogens is 432 g/mol. The molecule has 0 amide bonds. The lowest BCUT2D eigenvalue weighted by Gasteiger charge is -2.47. The molecule has 34 heavy (non-hydrogen) atoms. The number of benzene rings is 3. The predicted molar refractivity (Wildman–Crippen MR) is 148 cm³/mol. The Balaban J connectivity index is 1.51. The van der Waals surface area contributed by atoms with Gasteiger partial charge in [0.15, 0.2) is 0 Å². The molecule has 0 saturated heterocycles. The van der Waals surface area contributed by atoms with E-state index in [1.807, 2.05) is 0 Å². The van der Waals surface area contributed by atoms with Gasteiger partial charge in [-0.1, -0.05) is 65.9 Å². The molecule has 2 aliphatic rings. The molecule has 0 aliphatic carbocycles. The molecule has 0 N–H and O–H groups in total. The van der Waals surface area contributed by atoms with Crippen LogP contribution in [0.25, 0.3) is 0 Å². The molecule has 0 bridgehead atoms. The van der Waals surface area contributed by atoms with Crippen molar-refractivity contribution in [1.82, 2.24) is 9.80 Å². The Morgan fingerprint density at radius 2 is 1.38 bits per heavy atom. The number of fused-ring (bicyclic) bond motifs is 1. The van der Waals surface area contributed by atoms with E-state index in [4.69, 9.17) is 0 Å². The van der Waals surface area contributed by atoms with E-state index in [1.165, 1.54) is 33.0 Å². The van der Waals surface area contributed by atoms with Gasteiger partial charge in [0.1, 0.15) is 8.07 Å². The highest BCUT2D eigenvalue weighted by atomic mass is 28.3. The van der Waals surface area contributed by atoms with Crippen molar-refractivity contribution in [2.24, 2.45) is 0 Å². The van der Waals surface area contributed by atoms with E-state index in [0.717, 1.165) is 13.3 Å². The third-order valence-corrected chi connectivity index (χ3v) is 11.3. The van der Waals surface area contributed by atoms with Crippen LogP contribution in [0.5, 0.6) is 0 Å². The Morgan fingerprint density at radius 1 is 0.735 bits per heavy atom. The highest BCUT2D eigenvalue weighted by Gasteiger charge is 2.36. The lowest BCUT2D eigenvalue weighted by molar-refractivity contribution is 0.150. The average Bonchev–Trinajstić information content (AvgIpc) is 3.28. The summed E-state index contributed by atoms with van der Waals surface area (Å²) in [5.41, 5.74) is 5.24. The zero-order chi connectivity index (χ0) is 24.1. The first-order chi connectivity index (χ1) is 16.2. The SMILES string of the molecule is CN1C=CN(c2cccc([Si](C)(C)c3cccc(N4CN(C)C(C)(C)c5ccccc54)c3)c2)C1. The van der Waals surface area contributed by atoms with E-state index in [2.05, 4.69) is 146 Å². The minimum Gasteiger partial charge on any atom is -0.361 e. The van der Waals surface area contributed by atoms with E-state index < -0.39 is 8.07 Å². The molecule has 0 atom stereocenters. The Morgan fingerprint density at radius 3 is 2.06 bits per heavy atom. The molecule has 2 aliphatic heterocycles. The second kappa shape index (κ2) is 8.33. The summed E-state index contributed by atoms with van der Waals surface area (Å²) in [5, 5.41) is 2.92. The summed E-state index contributed by atoms with van der Waals surface area (Å²) in [4.78, 5) is 9.42. The first-order valence-electron chi connectivity index (χ1n) is 12.1. The Hall–Kier alpha value is -3.02. The second-order valence-corrected chi connectivity index (χ2v) is 15.1. The smallest absolute Gasteiger partial charge is 0.112 e. The quantitative estimate of drug-likeness (QED) is 0.502. The fraction of sp³-hybridized carbons (Fsp3) is 0.310. The van der Waals surface area contributed by atoms with Crippen LogP contribution in [-0.4, -0.2) is 45.3 Å². The molecule has 3 aromatic rings. The van der Waals surface area contributed by atoms with E-state index in [9.17, 15) is 0 Å². The van der Waals surface area contributed by atoms with Crippen molar-refractivity contribution in [3.05, 3.63) is 90.8 Å². The maximum absolute atomic E-state index is 2.47. The highest BCUT2D eigenvalue weighted by Crippen LogP contribution is 2.41. The summed E-state index contributed by atoms with van der Waals surface area (Å²) >= 11 is 0. The number of hydrogen-bond donors (Lipinski definition) is 0. The third kappa shape index (κ3) is 3.83. The van der Waals surface area contributed by atoms with Crippen molar-refractivity contribution in [1.29, 1.82) is 0 Å². The fourth-order valence-electron chi connectivity index (χ4n) is 5.12. The highest BCUT2D eigenvalue weighted by molar-refractivity contribution is 7.00. The molecule has 0 saturated carbocycles. The van der Waals surface area contributed by atoms with Crippen LogP contribution in [0.15, 0.2) is 85.2 Å². The van der Waals surface area contributed by atoms with Crippen LogP contribution in [0.2, 0.25) is 13.1 Å². The Bertz CT molecular complexity index is 1230. The lowest BCUT2D eigenvalue weighted by atomic mass is 9.88. The topological polar surface area (TPSA) is 13.0 Å². The van der Waals surface area contributed by atoms with Crippen molar-refractivity contribution < 1.29 is 0 Å². The molecular formula is C29H36N4Si. The average molecular weight is 469 g/mol. The molecule has 3 aromatic carbocycles. The van der Waals surface area contributed by atoms with Crippen LogP contribution in [0.4, 0.5) is 17.1 Å². The molecule has 0 radical (unpaired) electrons. The maximum atomic E-state index is 2.47. The summed E-state index contributed by atoms with van der Waals surface area (Å²) in [6.45, 7) is 11.3. The Labute approximate surface area is 205 Å². The molecule has 176 valence electrons. The van der Waals surface area contributed by atoms with Gasteiger partial charge in [0.2, 0.25) is 0 Å². The molecule has 5 heteroatoms. The van der Waals surface area contributed by atoms with Gasteiger partial charge in [0, 0.05) is 42.0 Å². The van der Waals surface area contributed by atoms with Gasteiger partial charge in [0.05, 0.1) is 13.3 Å². The molecule has 5 rings (SSSR count). The summed E-state index contributed by atoms with van der Waals surface area (Å²) in [6.07, 6.45) is 4.30. The van der Waals surface area contributed by atoms with Gasteiger partial charge in [-0.25, -0.2) is 0 Å². The fourth-order valence-corrected chi connectivity index (χ4v) is 7.49. The number of rotatable bonds is 4. The predicted octanol–water partition coefficient (Wildman–Crippen LogP) is 4.97. The van der Waals surface area contributed by atoms with Crippen LogP contribution >= 0.6 is 0 Å². The molecule has 0 unspecified atom stereocenters. The van der Waals surface area contributed by atoms with E-state index in [0.29, 0.717) is 0 Å². The van der Waals surface area contributed by atoms with E-state index in [1.54, 1.807) is 0 Å². The maximum Gasteiger partial charge on any atom is 0.112 e. The van der Waals surface area contributed by atoms with Crippen molar-refractivity contribution >= 4 is 35.5 Å². The molecule has 0 aromatic heterocycles. The minimum absolute atomic E-state index is 0.0112. The van der Waals surface area contributed by atoms with Gasteiger partial charge >= 0.3 is 0 Å². The minimum atomic E-state index is -1.89. The van der Waals surface area contributed by atoms with Crippen molar-refractivity contribution in [3.63, 3.8) is 0 Å². The number of hydrogen-bond acceptors (Lipinski definition) is 4. The van der Waals surface area contributed by atoms with Crippen molar-refractivity contribution in [2.45, 2.75) is 32.5 Å². The Kier molecular flexibility index (Phi) is 5.57. The summed E-state index contributed by atoms with van der Waals surface area (Å²) in [5.74, 6) is 0. The van der Waals surface area contributed by atoms with E-state index in [-0.39, 0.29) is 5.54 Å². The molecule has 0 fully saturated rings. The van der Waals surface area contributed by atoms with Crippen LogP contribution < -0.4 is 20.2 Å². The number of nitrogens with zero attached hydrogens (tertiary/aromatic N) is 4. The molecule has 4 nitrogen and oxygen atoms in total. The summed E-state index contributed by atoms with van der Waals surface area (Å²) < 4.78 is 0. The van der Waals surface area contributed by atoms with Gasteiger partial charge in [-0.3, -0.25) is 4.90 Å². The van der Waals surface area contributed by atoms with Gasteiger partial charge in [0.25, 0.3) is 0 Å². The molecule has 0 spiro atoms. The summed E-state index contributed by atoms with van der Waals surface area (Å²) in [6, 6.07) is 27.3. The van der Waals surface area contributed by atoms with Crippen molar-refractivity contribution in [2.75, 3.05) is 37.2 Å². The summed E-state index contributed by atoms with van der Waals surface area (Å²) in [7, 11) is 2.44. The first-order valence-corrected chi connectivity index (χ1v) is 15.1. The van der Waals surface area contributed by atoms with Gasteiger partial charge < -0.3 is 14.7 Å². The molecule has 2 heterocycles. The van der Waals surface area contributed by atoms with Crippen LogP contribution in [0.1, 0.15) is 19.4 Å². The van der Waals surface area contributed by atoms with Crippen LogP contribution in [-0.2, 0) is 5.54 Å².